The van der Waals surface area contributed by atoms with E-state index >= 15 is 0 Å². The maximum Gasteiger partial charge on any atom is 0.267 e. The molecule has 5 heteroatoms. The van der Waals surface area contributed by atoms with Crippen LogP contribution in [0, 0.1) is 5.92 Å². The average Bonchev–Trinajstić information content (AvgIpc) is 2.68. The summed E-state index contributed by atoms with van der Waals surface area (Å²) in [4.78, 5) is 23.3. The molecule has 1 aromatic heterocycles. The van der Waals surface area contributed by atoms with E-state index in [1.807, 2.05) is 19.3 Å². The number of nitrogens with one attached hydrogen (secondary N) is 2. The molecule has 0 spiro atoms. The van der Waals surface area contributed by atoms with Crippen molar-refractivity contribution in [3.05, 3.63) is 24.0 Å². The molecule has 0 aromatic carbocycles. The highest BCUT2D eigenvalue weighted by atomic mass is 16.2. The van der Waals surface area contributed by atoms with Crippen molar-refractivity contribution in [2.24, 2.45) is 13.0 Å². The van der Waals surface area contributed by atoms with Crippen molar-refractivity contribution in [3.8, 4) is 0 Å². The molecule has 1 aliphatic carbocycles. The van der Waals surface area contributed by atoms with Crippen molar-refractivity contribution >= 4 is 11.8 Å². The molecule has 2 N–H and O–H groups in total. The SMILES string of the molecule is Cn1cccc1C(=O)NCCNC(=O)C1CCC1. The number of hydrogen-bond donors (Lipinski definition) is 2. The lowest BCUT2D eigenvalue weighted by atomic mass is 9.85. The van der Waals surface area contributed by atoms with E-state index in [0.29, 0.717) is 18.8 Å². The lowest BCUT2D eigenvalue weighted by Crippen LogP contribution is -2.39. The van der Waals surface area contributed by atoms with Crippen LogP contribution in [-0.2, 0) is 11.8 Å². The van der Waals surface area contributed by atoms with Gasteiger partial charge in [0, 0.05) is 32.3 Å². The van der Waals surface area contributed by atoms with Crippen molar-refractivity contribution in [1.29, 1.82) is 0 Å². The Balaban J connectivity index is 1.65. The van der Waals surface area contributed by atoms with Crippen LogP contribution in [0.25, 0.3) is 0 Å². The van der Waals surface area contributed by atoms with E-state index in [4.69, 9.17) is 0 Å². The van der Waals surface area contributed by atoms with Gasteiger partial charge in [0.15, 0.2) is 0 Å². The Hall–Kier alpha value is -1.78. The number of nitrogens with zero attached hydrogens (tertiary/aromatic N) is 1. The molecule has 0 aliphatic heterocycles. The predicted molar refractivity (Wildman–Crippen MR) is 68.1 cm³/mol. The molecule has 18 heavy (non-hydrogen) atoms. The van der Waals surface area contributed by atoms with Crippen LogP contribution in [0.15, 0.2) is 18.3 Å². The fourth-order valence-corrected chi connectivity index (χ4v) is 1.96. The zero-order valence-corrected chi connectivity index (χ0v) is 10.6. The van der Waals surface area contributed by atoms with Crippen LogP contribution >= 0.6 is 0 Å². The summed E-state index contributed by atoms with van der Waals surface area (Å²) in [7, 11) is 1.83. The standard InChI is InChI=1S/C13H19N3O2/c1-16-9-3-6-11(16)13(18)15-8-7-14-12(17)10-4-2-5-10/h3,6,9-10H,2,4-5,7-8H2,1H3,(H,14,17)(H,15,18). The first kappa shape index (κ1) is 12.7. The number of aromatic nitrogens is 1. The average molecular weight is 249 g/mol. The summed E-state index contributed by atoms with van der Waals surface area (Å²) >= 11 is 0. The van der Waals surface area contributed by atoms with Gasteiger partial charge in [-0.1, -0.05) is 6.42 Å². The molecule has 0 atom stereocenters. The minimum Gasteiger partial charge on any atom is -0.354 e. The Morgan fingerprint density at radius 2 is 2.06 bits per heavy atom. The monoisotopic (exact) mass is 249 g/mol. The number of hydrogen-bond acceptors (Lipinski definition) is 2. The van der Waals surface area contributed by atoms with Crippen LogP contribution in [0.2, 0.25) is 0 Å². The molecule has 2 amide bonds. The summed E-state index contributed by atoms with van der Waals surface area (Å²) in [6.07, 6.45) is 4.98. The number of amides is 2. The zero-order valence-electron chi connectivity index (χ0n) is 10.6. The number of carbonyl (C=O) groups is 2. The minimum atomic E-state index is -0.111. The maximum absolute atomic E-state index is 11.7. The zero-order chi connectivity index (χ0) is 13.0. The van der Waals surface area contributed by atoms with Crippen molar-refractivity contribution in [1.82, 2.24) is 15.2 Å². The van der Waals surface area contributed by atoms with Gasteiger partial charge in [-0.05, 0) is 25.0 Å². The molecule has 1 fully saturated rings. The molecule has 2 rings (SSSR count). The van der Waals surface area contributed by atoms with Gasteiger partial charge in [0.25, 0.3) is 5.91 Å². The number of carbonyl (C=O) groups excluding carboxylic acids is 2. The van der Waals surface area contributed by atoms with E-state index in [1.54, 1.807) is 10.6 Å². The number of rotatable bonds is 5. The van der Waals surface area contributed by atoms with Crippen molar-refractivity contribution in [2.75, 3.05) is 13.1 Å². The Morgan fingerprint density at radius 3 is 2.61 bits per heavy atom. The topological polar surface area (TPSA) is 63.1 Å². The van der Waals surface area contributed by atoms with Crippen LogP contribution in [-0.4, -0.2) is 29.5 Å². The summed E-state index contributed by atoms with van der Waals surface area (Å²) in [5, 5.41) is 5.62. The van der Waals surface area contributed by atoms with Gasteiger partial charge >= 0.3 is 0 Å². The number of aryl methyl sites for hydroxylation is 1. The predicted octanol–water partition coefficient (Wildman–Crippen LogP) is 0.671. The second-order valence-corrected chi connectivity index (χ2v) is 4.68. The van der Waals surface area contributed by atoms with E-state index in [0.717, 1.165) is 19.3 Å². The van der Waals surface area contributed by atoms with Gasteiger partial charge in [-0.3, -0.25) is 9.59 Å². The molecular formula is C13H19N3O2. The maximum atomic E-state index is 11.7. The fourth-order valence-electron chi connectivity index (χ4n) is 1.96. The van der Waals surface area contributed by atoms with Crippen LogP contribution in [0.1, 0.15) is 29.8 Å². The second kappa shape index (κ2) is 5.71. The van der Waals surface area contributed by atoms with Crippen LogP contribution < -0.4 is 10.6 Å². The van der Waals surface area contributed by atoms with Crippen LogP contribution in [0.4, 0.5) is 0 Å². The summed E-state index contributed by atoms with van der Waals surface area (Å²) in [6.45, 7) is 0.952. The Kier molecular flexibility index (Phi) is 4.02. The largest absolute Gasteiger partial charge is 0.354 e. The first-order chi connectivity index (χ1) is 8.68. The van der Waals surface area contributed by atoms with Crippen LogP contribution in [0.3, 0.4) is 0 Å². The van der Waals surface area contributed by atoms with Gasteiger partial charge in [-0.25, -0.2) is 0 Å². The van der Waals surface area contributed by atoms with Crippen LogP contribution in [0.5, 0.6) is 0 Å². The lowest BCUT2D eigenvalue weighted by molar-refractivity contribution is -0.127. The molecule has 1 heterocycles. The van der Waals surface area contributed by atoms with E-state index < -0.39 is 0 Å². The van der Waals surface area contributed by atoms with E-state index in [9.17, 15) is 9.59 Å². The van der Waals surface area contributed by atoms with E-state index in [2.05, 4.69) is 10.6 Å². The minimum absolute atomic E-state index is 0.111. The van der Waals surface area contributed by atoms with Gasteiger partial charge in [-0.2, -0.15) is 0 Å². The van der Waals surface area contributed by atoms with Gasteiger partial charge < -0.3 is 15.2 Å². The quantitative estimate of drug-likeness (QED) is 0.753. The summed E-state index contributed by atoms with van der Waals surface area (Å²) < 4.78 is 1.77. The highest BCUT2D eigenvalue weighted by Gasteiger charge is 2.24. The lowest BCUT2D eigenvalue weighted by Gasteiger charge is -2.24. The van der Waals surface area contributed by atoms with E-state index in [1.165, 1.54) is 0 Å². The first-order valence-corrected chi connectivity index (χ1v) is 6.35. The Morgan fingerprint density at radius 1 is 1.33 bits per heavy atom. The summed E-state index contributed by atoms with van der Waals surface area (Å²) in [5.74, 6) is 0.211. The van der Waals surface area contributed by atoms with E-state index in [-0.39, 0.29) is 17.7 Å². The van der Waals surface area contributed by atoms with Crippen molar-refractivity contribution < 1.29 is 9.59 Å². The van der Waals surface area contributed by atoms with Gasteiger partial charge in [-0.15, -0.1) is 0 Å². The molecule has 1 aliphatic rings. The first-order valence-electron chi connectivity index (χ1n) is 6.35. The molecule has 98 valence electrons. The highest BCUT2D eigenvalue weighted by molar-refractivity contribution is 5.92. The molecule has 1 aromatic rings. The fraction of sp³-hybridized carbons (Fsp3) is 0.538. The third-order valence-electron chi connectivity index (χ3n) is 3.36. The molecule has 0 radical (unpaired) electrons. The molecule has 0 unspecified atom stereocenters. The molecule has 0 bridgehead atoms. The van der Waals surface area contributed by atoms with Gasteiger partial charge in [0.1, 0.15) is 5.69 Å². The molecular weight excluding hydrogens is 230 g/mol. The summed E-state index contributed by atoms with van der Waals surface area (Å²) in [6, 6.07) is 3.59. The highest BCUT2D eigenvalue weighted by Crippen LogP contribution is 2.25. The second-order valence-electron chi connectivity index (χ2n) is 4.68. The molecule has 5 nitrogen and oxygen atoms in total. The Bertz CT molecular complexity index is 435. The van der Waals surface area contributed by atoms with Gasteiger partial charge in [0.2, 0.25) is 5.91 Å². The molecule has 0 saturated heterocycles. The summed E-state index contributed by atoms with van der Waals surface area (Å²) in [5.41, 5.74) is 0.625. The molecule has 1 saturated carbocycles. The normalized spacial score (nSPS) is 14.9. The van der Waals surface area contributed by atoms with Crippen molar-refractivity contribution in [3.63, 3.8) is 0 Å². The smallest absolute Gasteiger partial charge is 0.267 e. The Labute approximate surface area is 107 Å². The third kappa shape index (κ3) is 2.91. The van der Waals surface area contributed by atoms with Crippen molar-refractivity contribution in [2.45, 2.75) is 19.3 Å². The third-order valence-corrected chi connectivity index (χ3v) is 3.36. The van der Waals surface area contributed by atoms with Gasteiger partial charge in [0.05, 0.1) is 0 Å².